The van der Waals surface area contributed by atoms with E-state index in [0.29, 0.717) is 17.9 Å². The van der Waals surface area contributed by atoms with Crippen molar-refractivity contribution in [3.05, 3.63) is 29.8 Å². The second-order valence-electron chi connectivity index (χ2n) is 5.15. The normalized spacial score (nSPS) is 19.9. The SMILES string of the molecule is Cc1ccc(S(=O)(=O)CCCOC2CCCCO2)cc1. The smallest absolute Gasteiger partial charge is 0.178 e. The van der Waals surface area contributed by atoms with Crippen molar-refractivity contribution in [2.75, 3.05) is 19.0 Å². The molecule has 1 aromatic carbocycles. The third kappa shape index (κ3) is 4.58. The van der Waals surface area contributed by atoms with Gasteiger partial charge in [-0.25, -0.2) is 8.42 Å². The molecule has 0 amide bonds. The standard InChI is InChI=1S/C15H22O4S/c1-13-6-8-14(9-7-13)20(16,17)12-4-11-19-15-5-2-3-10-18-15/h6-9,15H,2-5,10-12H2,1H3. The highest BCUT2D eigenvalue weighted by atomic mass is 32.2. The van der Waals surface area contributed by atoms with E-state index in [2.05, 4.69) is 0 Å². The van der Waals surface area contributed by atoms with E-state index in [9.17, 15) is 8.42 Å². The van der Waals surface area contributed by atoms with Crippen LogP contribution in [0.4, 0.5) is 0 Å². The summed E-state index contributed by atoms with van der Waals surface area (Å²) < 4.78 is 35.2. The van der Waals surface area contributed by atoms with Gasteiger partial charge in [0.05, 0.1) is 17.3 Å². The summed E-state index contributed by atoms with van der Waals surface area (Å²) in [5, 5.41) is 0. The van der Waals surface area contributed by atoms with Crippen molar-refractivity contribution in [1.29, 1.82) is 0 Å². The van der Waals surface area contributed by atoms with Crippen LogP contribution in [0.3, 0.4) is 0 Å². The molecular weight excluding hydrogens is 276 g/mol. The van der Waals surface area contributed by atoms with E-state index in [-0.39, 0.29) is 12.0 Å². The van der Waals surface area contributed by atoms with Gasteiger partial charge < -0.3 is 9.47 Å². The Kier molecular flexibility index (Phi) is 5.57. The molecule has 5 heteroatoms. The van der Waals surface area contributed by atoms with Gasteiger partial charge >= 0.3 is 0 Å². The van der Waals surface area contributed by atoms with Crippen LogP contribution in [0.15, 0.2) is 29.2 Å². The molecule has 1 heterocycles. The molecule has 4 nitrogen and oxygen atoms in total. The number of ether oxygens (including phenoxy) is 2. The first kappa shape index (κ1) is 15.5. The summed E-state index contributed by atoms with van der Waals surface area (Å²) in [7, 11) is -3.20. The van der Waals surface area contributed by atoms with Crippen molar-refractivity contribution >= 4 is 9.84 Å². The minimum atomic E-state index is -3.20. The maximum atomic E-state index is 12.1. The van der Waals surface area contributed by atoms with Crippen LogP contribution in [0.2, 0.25) is 0 Å². The second kappa shape index (κ2) is 7.20. The van der Waals surface area contributed by atoms with E-state index in [1.165, 1.54) is 0 Å². The molecule has 1 atom stereocenters. The van der Waals surface area contributed by atoms with Gasteiger partial charge in [-0.1, -0.05) is 17.7 Å². The molecule has 0 N–H and O–H groups in total. The molecule has 0 bridgehead atoms. The highest BCUT2D eigenvalue weighted by Gasteiger charge is 2.16. The molecule has 112 valence electrons. The highest BCUT2D eigenvalue weighted by Crippen LogP contribution is 2.15. The molecule has 20 heavy (non-hydrogen) atoms. The first-order valence-corrected chi connectivity index (χ1v) is 8.76. The predicted molar refractivity (Wildman–Crippen MR) is 77.4 cm³/mol. The monoisotopic (exact) mass is 298 g/mol. The maximum absolute atomic E-state index is 12.1. The lowest BCUT2D eigenvalue weighted by Crippen LogP contribution is -2.23. The lowest BCUT2D eigenvalue weighted by Gasteiger charge is -2.22. The molecule has 1 aliphatic heterocycles. The van der Waals surface area contributed by atoms with Crippen LogP contribution in [0.5, 0.6) is 0 Å². The minimum absolute atomic E-state index is 0.114. The molecule has 1 unspecified atom stereocenters. The summed E-state index contributed by atoms with van der Waals surface area (Å²) in [5.41, 5.74) is 1.06. The van der Waals surface area contributed by atoms with E-state index in [0.717, 1.165) is 31.4 Å². The lowest BCUT2D eigenvalue weighted by molar-refractivity contribution is -0.162. The minimum Gasteiger partial charge on any atom is -0.353 e. The van der Waals surface area contributed by atoms with Crippen LogP contribution >= 0.6 is 0 Å². The Morgan fingerprint density at radius 3 is 2.65 bits per heavy atom. The van der Waals surface area contributed by atoms with Crippen LogP contribution in [0.25, 0.3) is 0 Å². The molecular formula is C15H22O4S. The Hall–Kier alpha value is -0.910. The number of aryl methyl sites for hydroxylation is 1. The summed E-state index contributed by atoms with van der Waals surface area (Å²) in [5.74, 6) is 0.114. The molecule has 0 aromatic heterocycles. The van der Waals surface area contributed by atoms with E-state index >= 15 is 0 Å². The van der Waals surface area contributed by atoms with E-state index in [1.54, 1.807) is 12.1 Å². The fourth-order valence-corrected chi connectivity index (χ4v) is 3.45. The van der Waals surface area contributed by atoms with Gasteiger partial charge in [-0.3, -0.25) is 0 Å². The molecule has 1 saturated heterocycles. The number of sulfone groups is 1. The van der Waals surface area contributed by atoms with Gasteiger partial charge in [-0.05, 0) is 44.7 Å². The van der Waals surface area contributed by atoms with Crippen LogP contribution in [0, 0.1) is 6.92 Å². The fraction of sp³-hybridized carbons (Fsp3) is 0.600. The third-order valence-corrected chi connectivity index (χ3v) is 5.20. The van der Waals surface area contributed by atoms with E-state index in [4.69, 9.17) is 9.47 Å². The van der Waals surface area contributed by atoms with Crippen molar-refractivity contribution in [2.24, 2.45) is 0 Å². The fourth-order valence-electron chi connectivity index (χ4n) is 2.17. The number of hydrogen-bond donors (Lipinski definition) is 0. The van der Waals surface area contributed by atoms with Gasteiger partial charge in [0, 0.05) is 6.61 Å². The first-order chi connectivity index (χ1) is 9.58. The van der Waals surface area contributed by atoms with Crippen molar-refractivity contribution in [2.45, 2.75) is 43.8 Å². The van der Waals surface area contributed by atoms with Crippen LogP contribution in [0.1, 0.15) is 31.2 Å². The molecule has 1 aromatic rings. The maximum Gasteiger partial charge on any atom is 0.178 e. The number of rotatable bonds is 6. The van der Waals surface area contributed by atoms with Crippen molar-refractivity contribution in [3.8, 4) is 0 Å². The topological polar surface area (TPSA) is 52.6 Å². The van der Waals surface area contributed by atoms with Crippen LogP contribution in [-0.2, 0) is 19.3 Å². The quantitative estimate of drug-likeness (QED) is 0.758. The van der Waals surface area contributed by atoms with Crippen molar-refractivity contribution in [1.82, 2.24) is 0 Å². The van der Waals surface area contributed by atoms with Gasteiger partial charge in [0.1, 0.15) is 0 Å². The van der Waals surface area contributed by atoms with Gasteiger partial charge in [0.15, 0.2) is 16.1 Å². The summed E-state index contributed by atoms with van der Waals surface area (Å²) in [6.45, 7) is 3.11. The Bertz CT molecular complexity index is 501. The highest BCUT2D eigenvalue weighted by molar-refractivity contribution is 7.91. The summed E-state index contributed by atoms with van der Waals surface area (Å²) in [6.07, 6.45) is 3.46. The first-order valence-electron chi connectivity index (χ1n) is 7.10. The van der Waals surface area contributed by atoms with E-state index in [1.807, 2.05) is 19.1 Å². The molecule has 2 rings (SSSR count). The number of hydrogen-bond acceptors (Lipinski definition) is 4. The van der Waals surface area contributed by atoms with Crippen LogP contribution < -0.4 is 0 Å². The average molecular weight is 298 g/mol. The number of benzene rings is 1. The van der Waals surface area contributed by atoms with Crippen molar-refractivity contribution < 1.29 is 17.9 Å². The molecule has 0 radical (unpaired) electrons. The molecule has 1 fully saturated rings. The zero-order valence-corrected chi connectivity index (χ0v) is 12.7. The van der Waals surface area contributed by atoms with Gasteiger partial charge in [-0.15, -0.1) is 0 Å². The average Bonchev–Trinajstić information content (AvgIpc) is 2.45. The van der Waals surface area contributed by atoms with E-state index < -0.39 is 9.84 Å². The Balaban J connectivity index is 1.76. The molecule has 0 saturated carbocycles. The zero-order chi connectivity index (χ0) is 14.4. The molecule has 1 aliphatic rings. The van der Waals surface area contributed by atoms with Crippen LogP contribution in [-0.4, -0.2) is 33.7 Å². The van der Waals surface area contributed by atoms with Gasteiger partial charge in [0.25, 0.3) is 0 Å². The molecule has 0 spiro atoms. The van der Waals surface area contributed by atoms with Crippen molar-refractivity contribution in [3.63, 3.8) is 0 Å². The molecule has 0 aliphatic carbocycles. The van der Waals surface area contributed by atoms with Gasteiger partial charge in [-0.2, -0.15) is 0 Å². The van der Waals surface area contributed by atoms with Gasteiger partial charge in [0.2, 0.25) is 0 Å². The summed E-state index contributed by atoms with van der Waals surface area (Å²) in [6, 6.07) is 6.96. The largest absolute Gasteiger partial charge is 0.353 e. The zero-order valence-electron chi connectivity index (χ0n) is 11.9. The second-order valence-corrected chi connectivity index (χ2v) is 7.26. The Morgan fingerprint density at radius 2 is 2.00 bits per heavy atom. The summed E-state index contributed by atoms with van der Waals surface area (Å²) in [4.78, 5) is 0.386. The lowest BCUT2D eigenvalue weighted by atomic mass is 10.2. The predicted octanol–water partition coefficient (Wildman–Crippen LogP) is 2.70. The third-order valence-electron chi connectivity index (χ3n) is 3.38. The Labute approximate surface area is 121 Å². The Morgan fingerprint density at radius 1 is 1.25 bits per heavy atom. The summed E-state index contributed by atoms with van der Waals surface area (Å²) >= 11 is 0.